The van der Waals surface area contributed by atoms with Crippen LogP contribution in [0.15, 0.2) is 24.3 Å². The maximum Gasteiger partial charge on any atom is 0.315 e. The van der Waals surface area contributed by atoms with E-state index in [9.17, 15) is 14.4 Å². The van der Waals surface area contributed by atoms with Gasteiger partial charge < -0.3 is 20.9 Å². The number of anilines is 1. The van der Waals surface area contributed by atoms with Gasteiger partial charge >= 0.3 is 6.03 Å². The van der Waals surface area contributed by atoms with Crippen LogP contribution in [0.5, 0.6) is 0 Å². The third-order valence-electron chi connectivity index (χ3n) is 5.86. The van der Waals surface area contributed by atoms with Gasteiger partial charge in [0.25, 0.3) is 0 Å². The Morgan fingerprint density at radius 1 is 1.22 bits per heavy atom. The van der Waals surface area contributed by atoms with Crippen LogP contribution in [-0.4, -0.2) is 42.0 Å². The van der Waals surface area contributed by atoms with E-state index in [0.29, 0.717) is 30.1 Å². The third kappa shape index (κ3) is 3.36. The number of carbonyl (C=O) groups is 3. The molecule has 0 aromatic heterocycles. The third-order valence-corrected chi connectivity index (χ3v) is 6.18. The lowest BCUT2D eigenvalue weighted by atomic mass is 9.78. The predicted molar refractivity (Wildman–Crippen MR) is 102 cm³/mol. The second-order valence-corrected chi connectivity index (χ2v) is 7.99. The Hall–Kier alpha value is -2.28. The molecule has 1 saturated carbocycles. The molecule has 1 aromatic carbocycles. The van der Waals surface area contributed by atoms with Gasteiger partial charge in [0, 0.05) is 6.54 Å². The van der Waals surface area contributed by atoms with Crippen LogP contribution in [0.2, 0.25) is 5.02 Å². The number of amides is 4. The molecule has 1 unspecified atom stereocenters. The van der Waals surface area contributed by atoms with Crippen molar-refractivity contribution in [3.05, 3.63) is 29.3 Å². The largest absolute Gasteiger partial charge is 0.351 e. The van der Waals surface area contributed by atoms with Gasteiger partial charge in [-0.05, 0) is 31.4 Å². The fourth-order valence-corrected chi connectivity index (χ4v) is 4.77. The smallest absolute Gasteiger partial charge is 0.315 e. The molecule has 144 valence electrons. The number of rotatable bonds is 3. The minimum Gasteiger partial charge on any atom is -0.351 e. The van der Waals surface area contributed by atoms with Gasteiger partial charge in [-0.15, -0.1) is 0 Å². The Balaban J connectivity index is 1.41. The highest BCUT2D eigenvalue weighted by Gasteiger charge is 2.49. The number of benzene rings is 1. The van der Waals surface area contributed by atoms with Gasteiger partial charge in [-0.3, -0.25) is 9.59 Å². The lowest BCUT2D eigenvalue weighted by Gasteiger charge is -2.38. The second-order valence-electron chi connectivity index (χ2n) is 7.58. The maximum absolute atomic E-state index is 12.7. The molecule has 2 aliphatic heterocycles. The summed E-state index contributed by atoms with van der Waals surface area (Å²) in [6.07, 6.45) is 4.49. The van der Waals surface area contributed by atoms with Crippen molar-refractivity contribution in [3.8, 4) is 0 Å². The van der Waals surface area contributed by atoms with Crippen molar-refractivity contribution in [2.75, 3.05) is 11.4 Å². The molecule has 4 amide bonds. The first-order valence-electron chi connectivity index (χ1n) is 9.42. The first-order valence-corrected chi connectivity index (χ1v) is 9.80. The molecule has 0 radical (unpaired) electrons. The zero-order chi connectivity index (χ0) is 19.0. The minimum atomic E-state index is -0.593. The molecule has 3 atom stereocenters. The molecule has 0 bridgehead atoms. The number of nitrogens with one attached hydrogen (secondary N) is 3. The number of urea groups is 1. The zero-order valence-corrected chi connectivity index (χ0v) is 15.7. The summed E-state index contributed by atoms with van der Waals surface area (Å²) in [6, 6.07) is 6.17. The summed E-state index contributed by atoms with van der Waals surface area (Å²) in [6.45, 7) is 0.501. The molecule has 1 aromatic rings. The highest BCUT2D eigenvalue weighted by Crippen LogP contribution is 2.35. The SMILES string of the molecule is O=C1C[C@]2(NC(=O)NC3CCN(c4ccccc4Cl)C3=O)CCCC[C@@H]2N1. The Morgan fingerprint density at radius 2 is 2.04 bits per heavy atom. The summed E-state index contributed by atoms with van der Waals surface area (Å²) in [5.41, 5.74) is 0.120. The van der Waals surface area contributed by atoms with Crippen molar-refractivity contribution in [2.45, 2.75) is 56.1 Å². The molecule has 7 nitrogen and oxygen atoms in total. The van der Waals surface area contributed by atoms with Gasteiger partial charge in [-0.2, -0.15) is 0 Å². The first kappa shape index (κ1) is 18.1. The van der Waals surface area contributed by atoms with E-state index in [1.807, 2.05) is 12.1 Å². The predicted octanol–water partition coefficient (Wildman–Crippen LogP) is 1.95. The maximum atomic E-state index is 12.7. The van der Waals surface area contributed by atoms with Crippen LogP contribution in [0.1, 0.15) is 38.5 Å². The van der Waals surface area contributed by atoms with Crippen LogP contribution in [0, 0.1) is 0 Å². The summed E-state index contributed by atoms with van der Waals surface area (Å²) in [4.78, 5) is 38.8. The van der Waals surface area contributed by atoms with Crippen molar-refractivity contribution < 1.29 is 14.4 Å². The lowest BCUT2D eigenvalue weighted by molar-refractivity contribution is -0.120. The van der Waals surface area contributed by atoms with E-state index < -0.39 is 17.6 Å². The second kappa shape index (κ2) is 7.03. The van der Waals surface area contributed by atoms with E-state index in [4.69, 9.17) is 11.6 Å². The highest BCUT2D eigenvalue weighted by atomic mass is 35.5. The monoisotopic (exact) mass is 390 g/mol. The molecule has 2 heterocycles. The molecule has 1 aliphatic carbocycles. The molecule has 3 aliphatic rings. The summed E-state index contributed by atoms with van der Waals surface area (Å²) in [7, 11) is 0. The van der Waals surface area contributed by atoms with Crippen LogP contribution >= 0.6 is 11.6 Å². The van der Waals surface area contributed by atoms with Crippen LogP contribution < -0.4 is 20.9 Å². The fraction of sp³-hybridized carbons (Fsp3) is 0.526. The number of para-hydroxylation sites is 1. The van der Waals surface area contributed by atoms with Crippen LogP contribution in [0.3, 0.4) is 0 Å². The van der Waals surface area contributed by atoms with Gasteiger partial charge in [0.2, 0.25) is 11.8 Å². The molecular formula is C19H23ClN4O3. The standard InChI is InChI=1S/C19H23ClN4O3/c20-12-5-1-2-6-14(12)24-10-8-13(17(24)26)21-18(27)23-19-9-4-3-7-15(19)22-16(25)11-19/h1-2,5-6,13,15H,3-4,7-11H2,(H,22,25)(H2,21,23,27)/t13?,15-,19+/m0/s1. The van der Waals surface area contributed by atoms with Gasteiger partial charge in [-0.25, -0.2) is 4.79 Å². The highest BCUT2D eigenvalue weighted by molar-refractivity contribution is 6.34. The summed E-state index contributed by atoms with van der Waals surface area (Å²) < 4.78 is 0. The van der Waals surface area contributed by atoms with Crippen LogP contribution in [-0.2, 0) is 9.59 Å². The van der Waals surface area contributed by atoms with E-state index in [2.05, 4.69) is 16.0 Å². The molecule has 3 N–H and O–H groups in total. The van der Waals surface area contributed by atoms with E-state index in [0.717, 1.165) is 25.7 Å². The van der Waals surface area contributed by atoms with Gasteiger partial charge in [-0.1, -0.05) is 36.6 Å². The average molecular weight is 391 g/mol. The normalized spacial score (nSPS) is 30.0. The van der Waals surface area contributed by atoms with Crippen LogP contribution in [0.25, 0.3) is 0 Å². The minimum absolute atomic E-state index is 0.0240. The Labute approximate surface area is 162 Å². The number of nitrogens with zero attached hydrogens (tertiary/aromatic N) is 1. The van der Waals surface area contributed by atoms with Crippen molar-refractivity contribution in [3.63, 3.8) is 0 Å². The molecular weight excluding hydrogens is 368 g/mol. The Bertz CT molecular complexity index is 786. The zero-order valence-electron chi connectivity index (χ0n) is 15.0. The quantitative estimate of drug-likeness (QED) is 0.736. The van der Waals surface area contributed by atoms with Crippen molar-refractivity contribution in [2.24, 2.45) is 0 Å². The van der Waals surface area contributed by atoms with Gasteiger partial charge in [0.15, 0.2) is 0 Å². The number of fused-ring (bicyclic) bond motifs is 1. The van der Waals surface area contributed by atoms with E-state index >= 15 is 0 Å². The topological polar surface area (TPSA) is 90.5 Å². The fourth-order valence-electron chi connectivity index (χ4n) is 4.53. The van der Waals surface area contributed by atoms with Crippen LogP contribution in [0.4, 0.5) is 10.5 Å². The summed E-state index contributed by atoms with van der Waals surface area (Å²) >= 11 is 6.19. The Morgan fingerprint density at radius 3 is 2.85 bits per heavy atom. The molecule has 0 spiro atoms. The number of hydrogen-bond acceptors (Lipinski definition) is 3. The average Bonchev–Trinajstić information content (AvgIpc) is 3.14. The number of hydrogen-bond donors (Lipinski definition) is 3. The van der Waals surface area contributed by atoms with Crippen molar-refractivity contribution >= 4 is 35.1 Å². The summed E-state index contributed by atoms with van der Waals surface area (Å²) in [5, 5.41) is 9.28. The van der Waals surface area contributed by atoms with Crippen molar-refractivity contribution in [1.82, 2.24) is 16.0 Å². The Kier molecular flexibility index (Phi) is 4.72. The molecule has 3 fully saturated rings. The summed E-state index contributed by atoms with van der Waals surface area (Å²) in [5.74, 6) is -0.194. The van der Waals surface area contributed by atoms with E-state index in [1.165, 1.54) is 0 Å². The number of halogens is 1. The lowest BCUT2D eigenvalue weighted by Crippen LogP contribution is -2.61. The molecule has 27 heavy (non-hydrogen) atoms. The van der Waals surface area contributed by atoms with Gasteiger partial charge in [0.05, 0.1) is 28.7 Å². The number of carbonyl (C=O) groups excluding carboxylic acids is 3. The van der Waals surface area contributed by atoms with E-state index in [1.54, 1.807) is 17.0 Å². The molecule has 2 saturated heterocycles. The molecule has 4 rings (SSSR count). The van der Waals surface area contributed by atoms with Crippen molar-refractivity contribution in [1.29, 1.82) is 0 Å². The molecule has 8 heteroatoms. The first-order chi connectivity index (χ1) is 13.0. The van der Waals surface area contributed by atoms with Gasteiger partial charge in [0.1, 0.15) is 6.04 Å². The van der Waals surface area contributed by atoms with E-state index in [-0.39, 0.29) is 17.9 Å².